The molecule has 0 spiro atoms. The number of hydrogen-bond donors (Lipinski definition) is 3. The average molecular weight is 237 g/mol. The second-order valence-electron chi connectivity index (χ2n) is 3.07. The second kappa shape index (κ2) is 9.00. The van der Waals surface area contributed by atoms with Crippen LogP contribution < -0.4 is 4.74 Å². The van der Waals surface area contributed by atoms with Crippen molar-refractivity contribution < 1.29 is 19.7 Å². The number of isocyanates is 1. The highest BCUT2D eigenvalue weighted by Crippen LogP contribution is 2.25. The lowest BCUT2D eigenvalue weighted by atomic mass is 10.3. The summed E-state index contributed by atoms with van der Waals surface area (Å²) >= 11 is 0. The minimum absolute atomic E-state index is 0.0103. The van der Waals surface area contributed by atoms with Crippen LogP contribution in [0.4, 0.5) is 0 Å². The highest BCUT2D eigenvalue weighted by atomic mass is 16.5. The first-order valence-electron chi connectivity index (χ1n) is 5.02. The van der Waals surface area contributed by atoms with E-state index < -0.39 is 0 Å². The predicted molar refractivity (Wildman–Crippen MR) is 62.9 cm³/mol. The minimum atomic E-state index is -0.0103. The van der Waals surface area contributed by atoms with Crippen LogP contribution in [-0.2, 0) is 4.79 Å². The summed E-state index contributed by atoms with van der Waals surface area (Å²) in [5.74, 6) is 0.405. The quantitative estimate of drug-likeness (QED) is 0.426. The normalized spacial score (nSPS) is 9.24. The van der Waals surface area contributed by atoms with E-state index in [4.69, 9.17) is 25.2 Å². The zero-order valence-electron chi connectivity index (χ0n) is 9.51. The summed E-state index contributed by atoms with van der Waals surface area (Å²) in [6.45, 7) is 2.07. The molecule has 0 fully saturated rings. The lowest BCUT2D eigenvalue weighted by Gasteiger charge is -2.01. The summed E-state index contributed by atoms with van der Waals surface area (Å²) in [6, 6.07) is 4.13. The summed E-state index contributed by atoms with van der Waals surface area (Å²) in [5, 5.41) is 23.7. The van der Waals surface area contributed by atoms with Crippen LogP contribution >= 0.6 is 0 Å². The Kier molecular flexibility index (Phi) is 7.80. The van der Waals surface area contributed by atoms with Crippen molar-refractivity contribution in [2.45, 2.75) is 19.8 Å². The van der Waals surface area contributed by atoms with Crippen molar-refractivity contribution in [1.82, 2.24) is 0 Å². The molecule has 0 bridgehead atoms. The molecule has 0 atom stereocenters. The largest absolute Gasteiger partial charge is 0.508 e. The third-order valence-electron chi connectivity index (χ3n) is 1.63. The Bertz CT molecular complexity index is 375. The first-order valence-corrected chi connectivity index (χ1v) is 5.02. The summed E-state index contributed by atoms with van der Waals surface area (Å²) in [4.78, 5) is 8.35. The van der Waals surface area contributed by atoms with Gasteiger partial charge in [-0.1, -0.05) is 13.3 Å². The highest BCUT2D eigenvalue weighted by molar-refractivity contribution is 5.40. The number of rotatable bonds is 4. The Morgan fingerprint density at radius 2 is 1.88 bits per heavy atom. The van der Waals surface area contributed by atoms with Gasteiger partial charge in [0.2, 0.25) is 6.08 Å². The monoisotopic (exact) mass is 237 g/mol. The van der Waals surface area contributed by atoms with Gasteiger partial charge in [-0.15, -0.1) is 0 Å². The zero-order chi connectivity index (χ0) is 13.1. The smallest absolute Gasteiger partial charge is 0.231 e. The van der Waals surface area contributed by atoms with Gasteiger partial charge >= 0.3 is 0 Å². The van der Waals surface area contributed by atoms with Gasteiger partial charge in [-0.05, 0) is 12.5 Å². The van der Waals surface area contributed by atoms with E-state index in [9.17, 15) is 0 Å². The molecule has 0 saturated carbocycles. The van der Waals surface area contributed by atoms with E-state index in [1.807, 2.05) is 6.08 Å². The molecule has 5 heteroatoms. The molecule has 1 aromatic rings. The Labute approximate surface area is 99.5 Å². The minimum Gasteiger partial charge on any atom is -0.508 e. The van der Waals surface area contributed by atoms with Crippen molar-refractivity contribution in [1.29, 1.82) is 5.41 Å². The van der Waals surface area contributed by atoms with E-state index >= 15 is 0 Å². The molecular weight excluding hydrogens is 222 g/mol. The molecule has 0 saturated heterocycles. The van der Waals surface area contributed by atoms with E-state index in [1.165, 1.54) is 18.2 Å². The number of phenolic OH excluding ortho intramolecular Hbond substituents is 2. The van der Waals surface area contributed by atoms with Gasteiger partial charge in [-0.25, -0.2) is 10.2 Å². The molecule has 17 heavy (non-hydrogen) atoms. The Morgan fingerprint density at radius 3 is 2.35 bits per heavy atom. The average Bonchev–Trinajstić information content (AvgIpc) is 2.24. The fourth-order valence-corrected chi connectivity index (χ4v) is 0.997. The molecular formula is C12H15NO4. The fraction of sp³-hybridized carbons (Fsp3) is 0.250. The number of benzene rings is 1. The number of nitrogens with one attached hydrogen (secondary N) is 1. The number of ether oxygens (including phenoxy) is 1. The van der Waals surface area contributed by atoms with Crippen LogP contribution in [0.2, 0.25) is 0 Å². The van der Waals surface area contributed by atoms with Crippen LogP contribution in [0, 0.1) is 5.41 Å². The maximum atomic E-state index is 9.13. The lowest BCUT2D eigenvalue weighted by Crippen LogP contribution is -1.81. The number of carbonyl (C=O) groups excluding carboxylic acids is 1. The van der Waals surface area contributed by atoms with Gasteiger partial charge in [0, 0.05) is 18.2 Å². The topological polar surface area (TPSA) is 90.6 Å². The van der Waals surface area contributed by atoms with Crippen LogP contribution in [0.3, 0.4) is 0 Å². The van der Waals surface area contributed by atoms with Crippen LogP contribution in [0.5, 0.6) is 17.2 Å². The van der Waals surface area contributed by atoms with E-state index in [0.29, 0.717) is 5.75 Å². The standard InChI is InChI=1S/C11H14O3.CHNO/c1-2-3-4-5-14-11-7-9(12)6-10(13)8-11;2-1-3/h4-8,12-13H,2-3H2,1H3;2H. The lowest BCUT2D eigenvalue weighted by molar-refractivity contribution is 0.430. The molecule has 0 amide bonds. The van der Waals surface area contributed by atoms with Crippen LogP contribution in [0.25, 0.3) is 0 Å². The second-order valence-corrected chi connectivity index (χ2v) is 3.07. The molecule has 0 aliphatic carbocycles. The van der Waals surface area contributed by atoms with Gasteiger partial charge in [0.05, 0.1) is 6.26 Å². The van der Waals surface area contributed by atoms with Gasteiger partial charge in [-0.2, -0.15) is 0 Å². The molecule has 1 aromatic carbocycles. The van der Waals surface area contributed by atoms with Gasteiger partial charge in [0.25, 0.3) is 0 Å². The molecule has 0 aliphatic heterocycles. The highest BCUT2D eigenvalue weighted by Gasteiger charge is 1.97. The van der Waals surface area contributed by atoms with Crippen LogP contribution in [0.1, 0.15) is 19.8 Å². The molecule has 5 nitrogen and oxygen atoms in total. The number of aromatic hydroxyl groups is 2. The first-order chi connectivity index (χ1) is 8.13. The van der Waals surface area contributed by atoms with E-state index in [-0.39, 0.29) is 11.5 Å². The molecule has 3 N–H and O–H groups in total. The molecule has 1 rings (SSSR count). The molecule has 0 aliphatic rings. The Morgan fingerprint density at radius 1 is 1.35 bits per heavy atom. The summed E-state index contributed by atoms with van der Waals surface area (Å²) in [5.41, 5.74) is 0. The molecule has 0 unspecified atom stereocenters. The van der Waals surface area contributed by atoms with Crippen molar-refractivity contribution in [2.75, 3.05) is 0 Å². The van der Waals surface area contributed by atoms with E-state index in [2.05, 4.69) is 6.92 Å². The number of allylic oxidation sites excluding steroid dienone is 1. The SMILES string of the molecule is CCCC=COc1cc(O)cc(O)c1.N=C=O. The third kappa shape index (κ3) is 7.64. The third-order valence-corrected chi connectivity index (χ3v) is 1.63. The molecule has 0 radical (unpaired) electrons. The van der Waals surface area contributed by atoms with E-state index in [0.717, 1.165) is 18.9 Å². The van der Waals surface area contributed by atoms with Gasteiger partial charge in [0.1, 0.15) is 17.2 Å². The Hall–Kier alpha value is -2.26. The fourth-order valence-electron chi connectivity index (χ4n) is 0.997. The number of hydrogen-bond acceptors (Lipinski definition) is 5. The summed E-state index contributed by atoms with van der Waals surface area (Å²) in [7, 11) is 0. The predicted octanol–water partition coefficient (Wildman–Crippen LogP) is 2.69. The maximum Gasteiger partial charge on any atom is 0.231 e. The van der Waals surface area contributed by atoms with Gasteiger partial charge in [0.15, 0.2) is 0 Å². The van der Waals surface area contributed by atoms with Crippen molar-refractivity contribution in [3.05, 3.63) is 30.5 Å². The van der Waals surface area contributed by atoms with Crippen molar-refractivity contribution in [3.63, 3.8) is 0 Å². The summed E-state index contributed by atoms with van der Waals surface area (Å²) in [6.07, 6.45) is 6.20. The summed E-state index contributed by atoms with van der Waals surface area (Å²) < 4.78 is 5.17. The number of phenols is 2. The first kappa shape index (κ1) is 14.7. The van der Waals surface area contributed by atoms with E-state index in [1.54, 1.807) is 6.26 Å². The zero-order valence-corrected chi connectivity index (χ0v) is 9.51. The van der Waals surface area contributed by atoms with Crippen molar-refractivity contribution in [3.8, 4) is 17.2 Å². The van der Waals surface area contributed by atoms with Crippen LogP contribution in [0.15, 0.2) is 30.5 Å². The van der Waals surface area contributed by atoms with Gasteiger partial charge in [-0.3, -0.25) is 0 Å². The molecule has 0 heterocycles. The van der Waals surface area contributed by atoms with Crippen molar-refractivity contribution in [2.24, 2.45) is 0 Å². The maximum absolute atomic E-state index is 9.13. The van der Waals surface area contributed by atoms with Crippen LogP contribution in [-0.4, -0.2) is 16.3 Å². The van der Waals surface area contributed by atoms with Gasteiger partial charge < -0.3 is 14.9 Å². The molecule has 0 aromatic heterocycles. The molecule has 92 valence electrons. The van der Waals surface area contributed by atoms with Crippen molar-refractivity contribution >= 4 is 6.08 Å². The number of unbranched alkanes of at least 4 members (excludes halogenated alkanes) is 1. The Balaban J connectivity index is 0.000000770.